The fourth-order valence-corrected chi connectivity index (χ4v) is 3.58. The van der Waals surface area contributed by atoms with E-state index in [2.05, 4.69) is 27.3 Å². The summed E-state index contributed by atoms with van der Waals surface area (Å²) in [7, 11) is 0. The molecule has 1 aliphatic rings. The van der Waals surface area contributed by atoms with Gasteiger partial charge in [0.05, 0.1) is 6.10 Å². The zero-order chi connectivity index (χ0) is 14.7. The molecule has 1 unspecified atom stereocenters. The second-order valence-corrected chi connectivity index (χ2v) is 6.69. The van der Waals surface area contributed by atoms with Crippen LogP contribution in [0.1, 0.15) is 16.5 Å². The van der Waals surface area contributed by atoms with Crippen molar-refractivity contribution in [2.24, 2.45) is 0 Å². The molecule has 112 valence electrons. The summed E-state index contributed by atoms with van der Waals surface area (Å²) in [6, 6.07) is 7.65. The molecule has 1 aromatic carbocycles. The summed E-state index contributed by atoms with van der Waals surface area (Å²) in [5, 5.41) is 15.6. The Hall–Kier alpha value is -1.08. The quantitative estimate of drug-likeness (QED) is 0.849. The van der Waals surface area contributed by atoms with E-state index in [0.29, 0.717) is 25.5 Å². The van der Waals surface area contributed by atoms with E-state index in [1.54, 1.807) is 11.3 Å². The summed E-state index contributed by atoms with van der Waals surface area (Å²) in [4.78, 5) is 1.23. The van der Waals surface area contributed by atoms with Crippen LogP contribution >= 0.6 is 27.3 Å². The first-order valence-corrected chi connectivity index (χ1v) is 8.41. The smallest absolute Gasteiger partial charge is 0.161 e. The van der Waals surface area contributed by atoms with Gasteiger partial charge < -0.3 is 19.9 Å². The van der Waals surface area contributed by atoms with Gasteiger partial charge in [0.25, 0.3) is 0 Å². The molecule has 0 aliphatic carbocycles. The van der Waals surface area contributed by atoms with E-state index in [1.165, 1.54) is 4.88 Å². The number of fused-ring (bicyclic) bond motifs is 1. The molecule has 2 N–H and O–H groups in total. The van der Waals surface area contributed by atoms with Crippen LogP contribution < -0.4 is 14.8 Å². The van der Waals surface area contributed by atoms with Gasteiger partial charge in [-0.2, -0.15) is 0 Å². The van der Waals surface area contributed by atoms with Crippen LogP contribution in [-0.4, -0.2) is 24.9 Å². The first kappa shape index (κ1) is 14.8. The first-order chi connectivity index (χ1) is 10.2. The lowest BCUT2D eigenvalue weighted by atomic mass is 10.1. The fourth-order valence-electron chi connectivity index (χ4n) is 2.16. The number of hydrogen-bond donors (Lipinski definition) is 2. The molecule has 0 bridgehead atoms. The molecule has 21 heavy (non-hydrogen) atoms. The number of benzene rings is 1. The number of rotatable bonds is 5. The third-order valence-electron chi connectivity index (χ3n) is 3.21. The highest BCUT2D eigenvalue weighted by molar-refractivity contribution is 9.10. The van der Waals surface area contributed by atoms with Crippen molar-refractivity contribution in [2.45, 2.75) is 12.6 Å². The van der Waals surface area contributed by atoms with E-state index < -0.39 is 6.10 Å². The maximum Gasteiger partial charge on any atom is 0.161 e. The zero-order valence-corrected chi connectivity index (χ0v) is 13.7. The van der Waals surface area contributed by atoms with Crippen molar-refractivity contribution >= 4 is 27.3 Å². The number of hydrogen-bond acceptors (Lipinski definition) is 5. The molecule has 0 fully saturated rings. The van der Waals surface area contributed by atoms with E-state index in [1.807, 2.05) is 23.6 Å². The van der Waals surface area contributed by atoms with Crippen molar-refractivity contribution in [2.75, 3.05) is 19.8 Å². The summed E-state index contributed by atoms with van der Waals surface area (Å²) in [6.07, 6.45) is -0.566. The SMILES string of the molecule is OC(CNCc1cc(Br)cs1)c1ccc2c(c1)OCCO2. The molecule has 3 rings (SSSR count). The molecule has 0 radical (unpaired) electrons. The minimum absolute atomic E-state index is 0.495. The number of thiophene rings is 1. The average Bonchev–Trinajstić information content (AvgIpc) is 2.92. The predicted molar refractivity (Wildman–Crippen MR) is 86.1 cm³/mol. The Bertz CT molecular complexity index is 617. The van der Waals surface area contributed by atoms with E-state index in [9.17, 15) is 5.11 Å². The Morgan fingerprint density at radius 2 is 2.05 bits per heavy atom. The van der Waals surface area contributed by atoms with Gasteiger partial charge in [-0.05, 0) is 39.7 Å². The third kappa shape index (κ3) is 3.77. The lowest BCUT2D eigenvalue weighted by Crippen LogP contribution is -2.21. The molecule has 1 aliphatic heterocycles. The third-order valence-corrected chi connectivity index (χ3v) is 4.91. The molecule has 1 atom stereocenters. The molecule has 0 saturated carbocycles. The Kier molecular flexibility index (Phi) is 4.80. The lowest BCUT2D eigenvalue weighted by molar-refractivity contribution is 0.163. The van der Waals surface area contributed by atoms with Gasteiger partial charge in [-0.1, -0.05) is 6.07 Å². The normalized spacial score (nSPS) is 15.0. The lowest BCUT2D eigenvalue weighted by Gasteiger charge is -2.20. The molecule has 0 amide bonds. The average molecular weight is 370 g/mol. The Morgan fingerprint density at radius 1 is 1.24 bits per heavy atom. The van der Waals surface area contributed by atoms with Crippen molar-refractivity contribution in [1.82, 2.24) is 5.32 Å². The topological polar surface area (TPSA) is 50.7 Å². The van der Waals surface area contributed by atoms with E-state index >= 15 is 0 Å². The highest BCUT2D eigenvalue weighted by Gasteiger charge is 2.15. The van der Waals surface area contributed by atoms with Gasteiger partial charge in [-0.25, -0.2) is 0 Å². The Morgan fingerprint density at radius 3 is 2.81 bits per heavy atom. The summed E-state index contributed by atoms with van der Waals surface area (Å²) < 4.78 is 12.1. The van der Waals surface area contributed by atoms with Crippen LogP contribution in [0.15, 0.2) is 34.1 Å². The molecule has 6 heteroatoms. The van der Waals surface area contributed by atoms with Crippen LogP contribution in [-0.2, 0) is 6.54 Å². The molecule has 0 saturated heterocycles. The number of ether oxygens (including phenoxy) is 2. The Balaban J connectivity index is 1.56. The van der Waals surface area contributed by atoms with Crippen LogP contribution in [0.5, 0.6) is 11.5 Å². The Labute approximate surface area is 135 Å². The maximum atomic E-state index is 10.2. The van der Waals surface area contributed by atoms with E-state index in [4.69, 9.17) is 9.47 Å². The second-order valence-electron chi connectivity index (χ2n) is 4.78. The molecular weight excluding hydrogens is 354 g/mol. The monoisotopic (exact) mass is 369 g/mol. The summed E-state index contributed by atoms with van der Waals surface area (Å²) >= 11 is 5.12. The van der Waals surface area contributed by atoms with Crippen molar-refractivity contribution in [3.63, 3.8) is 0 Å². The maximum absolute atomic E-state index is 10.2. The van der Waals surface area contributed by atoms with E-state index in [0.717, 1.165) is 22.3 Å². The number of nitrogens with one attached hydrogen (secondary N) is 1. The first-order valence-electron chi connectivity index (χ1n) is 6.73. The molecule has 0 spiro atoms. The van der Waals surface area contributed by atoms with Gasteiger partial charge in [0.1, 0.15) is 13.2 Å². The van der Waals surface area contributed by atoms with Crippen molar-refractivity contribution < 1.29 is 14.6 Å². The van der Waals surface area contributed by atoms with Crippen LogP contribution in [0.3, 0.4) is 0 Å². The highest BCUT2D eigenvalue weighted by atomic mass is 79.9. The minimum atomic E-state index is -0.566. The van der Waals surface area contributed by atoms with Crippen LogP contribution in [0, 0.1) is 0 Å². The number of aliphatic hydroxyl groups excluding tert-OH is 1. The van der Waals surface area contributed by atoms with Crippen molar-refractivity contribution in [3.8, 4) is 11.5 Å². The van der Waals surface area contributed by atoms with Gasteiger partial charge in [0, 0.05) is 27.8 Å². The van der Waals surface area contributed by atoms with Crippen LogP contribution in [0.4, 0.5) is 0 Å². The number of aliphatic hydroxyl groups is 1. The molecule has 2 aromatic rings. The van der Waals surface area contributed by atoms with Crippen molar-refractivity contribution in [1.29, 1.82) is 0 Å². The highest BCUT2D eigenvalue weighted by Crippen LogP contribution is 2.32. The molecule has 4 nitrogen and oxygen atoms in total. The fraction of sp³-hybridized carbons (Fsp3) is 0.333. The standard InChI is InChI=1S/C15H16BrNO3S/c16-11-6-12(21-9-11)7-17-8-13(18)10-1-2-14-15(5-10)20-4-3-19-14/h1-2,5-6,9,13,17-18H,3-4,7-8H2. The van der Waals surface area contributed by atoms with Crippen molar-refractivity contribution in [3.05, 3.63) is 44.6 Å². The van der Waals surface area contributed by atoms with Crippen LogP contribution in [0.25, 0.3) is 0 Å². The predicted octanol–water partition coefficient (Wildman–Crippen LogP) is 3.11. The number of halogens is 1. The summed E-state index contributed by atoms with van der Waals surface area (Å²) in [6.45, 7) is 2.37. The van der Waals surface area contributed by atoms with Gasteiger partial charge in [0.2, 0.25) is 0 Å². The van der Waals surface area contributed by atoms with Gasteiger partial charge in [-0.15, -0.1) is 11.3 Å². The summed E-state index contributed by atoms with van der Waals surface area (Å²) in [5.74, 6) is 1.45. The van der Waals surface area contributed by atoms with E-state index in [-0.39, 0.29) is 0 Å². The van der Waals surface area contributed by atoms with Gasteiger partial charge in [-0.3, -0.25) is 0 Å². The molecule has 1 aromatic heterocycles. The molecular formula is C15H16BrNO3S. The van der Waals surface area contributed by atoms with Gasteiger partial charge >= 0.3 is 0 Å². The summed E-state index contributed by atoms with van der Waals surface area (Å²) in [5.41, 5.74) is 0.833. The zero-order valence-electron chi connectivity index (χ0n) is 11.3. The minimum Gasteiger partial charge on any atom is -0.486 e. The molecule has 2 heterocycles. The second kappa shape index (κ2) is 6.79. The van der Waals surface area contributed by atoms with Crippen LogP contribution in [0.2, 0.25) is 0 Å². The van der Waals surface area contributed by atoms with Gasteiger partial charge in [0.15, 0.2) is 11.5 Å². The largest absolute Gasteiger partial charge is 0.486 e.